The fourth-order valence-corrected chi connectivity index (χ4v) is 1.87. The Labute approximate surface area is 108 Å². The molecule has 1 heterocycles. The van der Waals surface area contributed by atoms with Crippen molar-refractivity contribution in [2.45, 2.75) is 59.0 Å². The maximum absolute atomic E-state index is 11.9. The summed E-state index contributed by atoms with van der Waals surface area (Å²) in [6, 6.07) is 0. The summed E-state index contributed by atoms with van der Waals surface area (Å²) < 4.78 is 15.8. The molecule has 0 bridgehead atoms. The van der Waals surface area contributed by atoms with Crippen LogP contribution in [0.2, 0.25) is 0 Å². The standard InChI is InChI=1S/C13H22O5/c1-5-7-10(14)9(6-2)12(15)17-11-8-16-13(3,4)18-11/h9,11H,5-8H2,1-4H3/t9?,11-/m1/s1. The Morgan fingerprint density at radius 3 is 2.50 bits per heavy atom. The minimum Gasteiger partial charge on any atom is -0.433 e. The van der Waals surface area contributed by atoms with Gasteiger partial charge in [-0.2, -0.15) is 0 Å². The summed E-state index contributed by atoms with van der Waals surface area (Å²) in [6.45, 7) is 7.42. The summed E-state index contributed by atoms with van der Waals surface area (Å²) in [4.78, 5) is 23.6. The third-order valence-corrected chi connectivity index (χ3v) is 2.81. The highest BCUT2D eigenvalue weighted by molar-refractivity contribution is 5.98. The van der Waals surface area contributed by atoms with Crippen LogP contribution in [0.15, 0.2) is 0 Å². The average Bonchev–Trinajstić information content (AvgIpc) is 2.59. The molecule has 1 unspecified atom stereocenters. The molecule has 18 heavy (non-hydrogen) atoms. The maximum atomic E-state index is 11.9. The third kappa shape index (κ3) is 4.07. The van der Waals surface area contributed by atoms with Crippen LogP contribution in [0.5, 0.6) is 0 Å². The van der Waals surface area contributed by atoms with E-state index in [9.17, 15) is 9.59 Å². The van der Waals surface area contributed by atoms with Gasteiger partial charge in [-0.05, 0) is 26.7 Å². The molecule has 0 saturated carbocycles. The lowest BCUT2D eigenvalue weighted by Gasteiger charge is -2.18. The van der Waals surface area contributed by atoms with Gasteiger partial charge in [0.1, 0.15) is 18.3 Å². The Balaban J connectivity index is 2.50. The van der Waals surface area contributed by atoms with Crippen molar-refractivity contribution in [3.8, 4) is 0 Å². The summed E-state index contributed by atoms with van der Waals surface area (Å²) in [5, 5.41) is 0. The number of ketones is 1. The van der Waals surface area contributed by atoms with Crippen LogP contribution in [0.1, 0.15) is 47.0 Å². The molecule has 0 aromatic carbocycles. The number of ether oxygens (including phenoxy) is 3. The fourth-order valence-electron chi connectivity index (χ4n) is 1.87. The number of esters is 1. The molecule has 5 heteroatoms. The van der Waals surface area contributed by atoms with Gasteiger partial charge < -0.3 is 14.2 Å². The van der Waals surface area contributed by atoms with Crippen molar-refractivity contribution >= 4 is 11.8 Å². The Kier molecular flexibility index (Phi) is 5.28. The molecule has 0 aromatic rings. The van der Waals surface area contributed by atoms with Crippen molar-refractivity contribution in [1.82, 2.24) is 0 Å². The van der Waals surface area contributed by atoms with E-state index in [4.69, 9.17) is 14.2 Å². The van der Waals surface area contributed by atoms with Gasteiger partial charge in [0, 0.05) is 6.42 Å². The lowest BCUT2D eigenvalue weighted by molar-refractivity contribution is -0.200. The van der Waals surface area contributed by atoms with Gasteiger partial charge in [0.05, 0.1) is 0 Å². The van der Waals surface area contributed by atoms with Gasteiger partial charge in [0.15, 0.2) is 5.79 Å². The first-order chi connectivity index (χ1) is 8.39. The molecule has 1 rings (SSSR count). The van der Waals surface area contributed by atoms with Gasteiger partial charge in [-0.3, -0.25) is 9.59 Å². The van der Waals surface area contributed by atoms with Gasteiger partial charge in [0.2, 0.25) is 6.29 Å². The normalized spacial score (nSPS) is 23.7. The van der Waals surface area contributed by atoms with E-state index in [0.717, 1.165) is 6.42 Å². The molecular weight excluding hydrogens is 236 g/mol. The van der Waals surface area contributed by atoms with Gasteiger partial charge in [-0.25, -0.2) is 0 Å². The predicted octanol–water partition coefficient (Wildman–Crippen LogP) is 2.03. The van der Waals surface area contributed by atoms with Crippen LogP contribution < -0.4 is 0 Å². The number of Topliss-reactive ketones (excluding diaryl/α,β-unsaturated/α-hetero) is 1. The number of carbonyl (C=O) groups excluding carboxylic acids is 2. The zero-order chi connectivity index (χ0) is 13.8. The number of hydrogen-bond donors (Lipinski definition) is 0. The van der Waals surface area contributed by atoms with E-state index in [-0.39, 0.29) is 12.4 Å². The van der Waals surface area contributed by atoms with Crippen molar-refractivity contribution in [3.05, 3.63) is 0 Å². The van der Waals surface area contributed by atoms with Gasteiger partial charge in [0.25, 0.3) is 0 Å². The second kappa shape index (κ2) is 6.29. The molecule has 1 fully saturated rings. The summed E-state index contributed by atoms with van der Waals surface area (Å²) >= 11 is 0. The van der Waals surface area contributed by atoms with E-state index in [1.165, 1.54) is 0 Å². The van der Waals surface area contributed by atoms with E-state index in [1.807, 2.05) is 6.92 Å². The first kappa shape index (κ1) is 15.1. The van der Waals surface area contributed by atoms with Gasteiger partial charge in [-0.15, -0.1) is 0 Å². The highest BCUT2D eigenvalue weighted by Crippen LogP contribution is 2.24. The van der Waals surface area contributed by atoms with Crippen LogP contribution in [0.3, 0.4) is 0 Å². The molecule has 2 atom stereocenters. The second-order valence-corrected chi connectivity index (χ2v) is 4.87. The van der Waals surface area contributed by atoms with Crippen molar-refractivity contribution < 1.29 is 23.8 Å². The van der Waals surface area contributed by atoms with Crippen LogP contribution in [0.25, 0.3) is 0 Å². The number of hydrogen-bond acceptors (Lipinski definition) is 5. The van der Waals surface area contributed by atoms with Crippen molar-refractivity contribution in [3.63, 3.8) is 0 Å². The van der Waals surface area contributed by atoms with E-state index >= 15 is 0 Å². The largest absolute Gasteiger partial charge is 0.433 e. The number of rotatable bonds is 6. The topological polar surface area (TPSA) is 61.8 Å². The summed E-state index contributed by atoms with van der Waals surface area (Å²) in [5.74, 6) is -2.00. The van der Waals surface area contributed by atoms with Gasteiger partial charge in [-0.1, -0.05) is 13.8 Å². The van der Waals surface area contributed by atoms with E-state index < -0.39 is 24.0 Å². The molecule has 0 amide bonds. The Morgan fingerprint density at radius 1 is 1.39 bits per heavy atom. The average molecular weight is 258 g/mol. The maximum Gasteiger partial charge on any atom is 0.318 e. The van der Waals surface area contributed by atoms with E-state index in [1.54, 1.807) is 20.8 Å². The van der Waals surface area contributed by atoms with Crippen LogP contribution in [0.4, 0.5) is 0 Å². The zero-order valence-electron chi connectivity index (χ0n) is 11.5. The molecule has 5 nitrogen and oxygen atoms in total. The summed E-state index contributed by atoms with van der Waals surface area (Å²) in [6.07, 6.45) is 0.880. The first-order valence-corrected chi connectivity index (χ1v) is 6.44. The lowest BCUT2D eigenvalue weighted by atomic mass is 9.98. The SMILES string of the molecule is CCCC(=O)C(CC)C(=O)O[C@H]1COC(C)(C)O1. The van der Waals surface area contributed by atoms with E-state index in [0.29, 0.717) is 12.8 Å². The van der Waals surface area contributed by atoms with Crippen molar-refractivity contribution in [1.29, 1.82) is 0 Å². The minimum atomic E-state index is -0.736. The van der Waals surface area contributed by atoms with Crippen LogP contribution >= 0.6 is 0 Å². The molecular formula is C13H22O5. The molecule has 0 aromatic heterocycles. The Bertz CT molecular complexity index is 311. The lowest BCUT2D eigenvalue weighted by Crippen LogP contribution is -2.31. The first-order valence-electron chi connectivity index (χ1n) is 6.44. The summed E-state index contributed by atoms with van der Waals surface area (Å²) in [7, 11) is 0. The highest BCUT2D eigenvalue weighted by Gasteiger charge is 2.37. The third-order valence-electron chi connectivity index (χ3n) is 2.81. The summed E-state index contributed by atoms with van der Waals surface area (Å²) in [5.41, 5.74) is 0. The molecule has 0 aliphatic carbocycles. The Morgan fingerprint density at radius 2 is 2.06 bits per heavy atom. The molecule has 0 spiro atoms. The molecule has 0 N–H and O–H groups in total. The van der Waals surface area contributed by atoms with Crippen LogP contribution in [-0.4, -0.2) is 30.4 Å². The smallest absolute Gasteiger partial charge is 0.318 e. The molecule has 1 saturated heterocycles. The molecule has 1 aliphatic rings. The monoisotopic (exact) mass is 258 g/mol. The van der Waals surface area contributed by atoms with Crippen molar-refractivity contribution in [2.75, 3.05) is 6.61 Å². The van der Waals surface area contributed by atoms with Crippen molar-refractivity contribution in [2.24, 2.45) is 5.92 Å². The second-order valence-electron chi connectivity index (χ2n) is 4.87. The predicted molar refractivity (Wildman–Crippen MR) is 64.7 cm³/mol. The highest BCUT2D eigenvalue weighted by atomic mass is 16.8. The van der Waals surface area contributed by atoms with Crippen LogP contribution in [-0.2, 0) is 23.8 Å². The van der Waals surface area contributed by atoms with Crippen LogP contribution in [0, 0.1) is 5.92 Å². The number of carbonyl (C=O) groups is 2. The Hall–Kier alpha value is -0.940. The zero-order valence-corrected chi connectivity index (χ0v) is 11.5. The molecule has 104 valence electrons. The van der Waals surface area contributed by atoms with E-state index in [2.05, 4.69) is 0 Å². The minimum absolute atomic E-state index is 0.0665. The molecule has 1 aliphatic heterocycles. The fraction of sp³-hybridized carbons (Fsp3) is 0.846. The molecule has 0 radical (unpaired) electrons. The quantitative estimate of drug-likeness (QED) is 0.539. The van der Waals surface area contributed by atoms with Gasteiger partial charge >= 0.3 is 5.97 Å².